The van der Waals surface area contributed by atoms with Crippen LogP contribution in [0.15, 0.2) is 59.6 Å². The van der Waals surface area contributed by atoms with Gasteiger partial charge in [0, 0.05) is 11.3 Å². The minimum atomic E-state index is -4.68. The SMILES string of the molecule is Cc1ncc(F)cc1-c1ccc2c(c1)N(S(=O)(=O)c1cccc(C(F)(F)F)c1)CCO2. The summed E-state index contributed by atoms with van der Waals surface area (Å²) in [6, 6.07) is 9.55. The van der Waals surface area contributed by atoms with Gasteiger partial charge in [-0.2, -0.15) is 13.2 Å². The van der Waals surface area contributed by atoms with E-state index in [0.29, 0.717) is 22.9 Å². The van der Waals surface area contributed by atoms with Crippen molar-refractivity contribution in [1.29, 1.82) is 0 Å². The third-order valence-corrected chi connectivity index (χ3v) is 6.70. The van der Waals surface area contributed by atoms with Gasteiger partial charge in [0.15, 0.2) is 0 Å². The molecule has 10 heteroatoms. The van der Waals surface area contributed by atoms with Crippen LogP contribution in [0.5, 0.6) is 5.75 Å². The topological polar surface area (TPSA) is 59.5 Å². The summed E-state index contributed by atoms with van der Waals surface area (Å²) < 4.78 is 86.0. The Bertz CT molecular complexity index is 1260. The molecule has 0 bridgehead atoms. The molecule has 3 aromatic rings. The number of rotatable bonds is 3. The lowest BCUT2D eigenvalue weighted by molar-refractivity contribution is -0.137. The zero-order valence-corrected chi connectivity index (χ0v) is 17.0. The van der Waals surface area contributed by atoms with E-state index in [-0.39, 0.29) is 24.6 Å². The van der Waals surface area contributed by atoms with Crippen LogP contribution in [0, 0.1) is 12.7 Å². The van der Waals surface area contributed by atoms with Crippen LogP contribution in [0.3, 0.4) is 0 Å². The van der Waals surface area contributed by atoms with Gasteiger partial charge in [0.1, 0.15) is 18.2 Å². The molecule has 0 saturated carbocycles. The van der Waals surface area contributed by atoms with Gasteiger partial charge in [0.05, 0.1) is 28.9 Å². The molecule has 0 N–H and O–H groups in total. The van der Waals surface area contributed by atoms with E-state index in [4.69, 9.17) is 4.74 Å². The molecule has 1 aromatic heterocycles. The molecule has 0 aliphatic carbocycles. The van der Waals surface area contributed by atoms with Crippen LogP contribution >= 0.6 is 0 Å². The minimum Gasteiger partial charge on any atom is -0.489 e. The number of anilines is 1. The van der Waals surface area contributed by atoms with Gasteiger partial charge in [-0.25, -0.2) is 12.8 Å². The molecule has 0 saturated heterocycles. The molecule has 0 spiro atoms. The van der Waals surface area contributed by atoms with Crippen LogP contribution in [0.4, 0.5) is 23.2 Å². The summed E-state index contributed by atoms with van der Waals surface area (Å²) >= 11 is 0. The number of aromatic nitrogens is 1. The fourth-order valence-electron chi connectivity index (χ4n) is 3.37. The highest BCUT2D eigenvalue weighted by Gasteiger charge is 2.35. The van der Waals surface area contributed by atoms with E-state index in [1.165, 1.54) is 12.1 Å². The number of halogens is 4. The smallest absolute Gasteiger partial charge is 0.416 e. The lowest BCUT2D eigenvalue weighted by Gasteiger charge is -2.31. The highest BCUT2D eigenvalue weighted by atomic mass is 32.2. The Labute approximate surface area is 176 Å². The average Bonchev–Trinajstić information content (AvgIpc) is 2.74. The van der Waals surface area contributed by atoms with Gasteiger partial charge >= 0.3 is 6.18 Å². The number of benzene rings is 2. The van der Waals surface area contributed by atoms with Crippen LogP contribution in [0.2, 0.25) is 0 Å². The zero-order chi connectivity index (χ0) is 22.4. The molecule has 162 valence electrons. The first-order valence-corrected chi connectivity index (χ1v) is 10.6. The quantitative estimate of drug-likeness (QED) is 0.536. The Kier molecular flexibility index (Phi) is 5.12. The predicted molar refractivity (Wildman–Crippen MR) is 106 cm³/mol. The van der Waals surface area contributed by atoms with E-state index in [1.807, 2.05) is 0 Å². The first kappa shape index (κ1) is 21.1. The molecule has 0 radical (unpaired) electrons. The normalized spacial score (nSPS) is 14.2. The molecule has 1 aliphatic heterocycles. The molecule has 0 fully saturated rings. The second-order valence-electron chi connectivity index (χ2n) is 6.92. The summed E-state index contributed by atoms with van der Waals surface area (Å²) in [6.07, 6.45) is -3.60. The van der Waals surface area contributed by atoms with E-state index in [2.05, 4.69) is 4.98 Å². The third-order valence-electron chi connectivity index (χ3n) is 4.89. The fourth-order valence-corrected chi connectivity index (χ4v) is 4.87. The van der Waals surface area contributed by atoms with Crippen molar-refractivity contribution in [3.63, 3.8) is 0 Å². The molecule has 2 heterocycles. The van der Waals surface area contributed by atoms with Gasteiger partial charge in [0.2, 0.25) is 0 Å². The summed E-state index contributed by atoms with van der Waals surface area (Å²) in [4.78, 5) is 3.49. The Hall–Kier alpha value is -3.14. The van der Waals surface area contributed by atoms with E-state index in [0.717, 1.165) is 28.7 Å². The Balaban J connectivity index is 1.82. The zero-order valence-electron chi connectivity index (χ0n) is 16.1. The number of alkyl halides is 3. The molecule has 1 aliphatic rings. The Morgan fingerprint density at radius 1 is 1.10 bits per heavy atom. The van der Waals surface area contributed by atoms with Gasteiger partial charge in [0.25, 0.3) is 10.0 Å². The number of sulfonamides is 1. The number of fused-ring (bicyclic) bond motifs is 1. The van der Waals surface area contributed by atoms with E-state index >= 15 is 0 Å². The van der Waals surface area contributed by atoms with Crippen molar-refractivity contribution < 1.29 is 30.7 Å². The summed E-state index contributed by atoms with van der Waals surface area (Å²) in [5.41, 5.74) is 0.593. The van der Waals surface area contributed by atoms with E-state index in [1.54, 1.807) is 19.1 Å². The minimum absolute atomic E-state index is 0.0328. The monoisotopic (exact) mass is 452 g/mol. The average molecular weight is 452 g/mol. The van der Waals surface area contributed by atoms with E-state index in [9.17, 15) is 26.0 Å². The number of hydrogen-bond donors (Lipinski definition) is 0. The number of hydrogen-bond acceptors (Lipinski definition) is 4. The Morgan fingerprint density at radius 2 is 1.87 bits per heavy atom. The molecule has 0 amide bonds. The molecule has 0 unspecified atom stereocenters. The van der Waals surface area contributed by atoms with Crippen molar-refractivity contribution in [1.82, 2.24) is 4.98 Å². The van der Waals surface area contributed by atoms with Crippen LogP contribution in [0.1, 0.15) is 11.3 Å². The first-order valence-electron chi connectivity index (χ1n) is 9.17. The van der Waals surface area contributed by atoms with Crippen LogP contribution in [-0.2, 0) is 16.2 Å². The largest absolute Gasteiger partial charge is 0.489 e. The van der Waals surface area contributed by atoms with Crippen molar-refractivity contribution in [2.45, 2.75) is 18.0 Å². The second-order valence-corrected chi connectivity index (χ2v) is 8.78. The van der Waals surface area contributed by atoms with Gasteiger partial charge in [-0.15, -0.1) is 0 Å². The summed E-state index contributed by atoms with van der Waals surface area (Å²) in [6.45, 7) is 1.63. The molecule has 31 heavy (non-hydrogen) atoms. The number of ether oxygens (including phenoxy) is 1. The summed E-state index contributed by atoms with van der Waals surface area (Å²) in [5, 5.41) is 0. The van der Waals surface area contributed by atoms with Crippen molar-refractivity contribution in [2.24, 2.45) is 0 Å². The second kappa shape index (κ2) is 7.52. The lowest BCUT2D eigenvalue weighted by atomic mass is 10.0. The van der Waals surface area contributed by atoms with Crippen molar-refractivity contribution >= 4 is 15.7 Å². The van der Waals surface area contributed by atoms with Crippen LogP contribution in [0.25, 0.3) is 11.1 Å². The maximum absolute atomic E-state index is 13.7. The Morgan fingerprint density at radius 3 is 2.61 bits per heavy atom. The summed E-state index contributed by atoms with van der Waals surface area (Å²) in [5.74, 6) is -0.296. The lowest BCUT2D eigenvalue weighted by Crippen LogP contribution is -2.38. The van der Waals surface area contributed by atoms with Gasteiger partial charge in [-0.3, -0.25) is 9.29 Å². The van der Waals surface area contributed by atoms with E-state index < -0.39 is 32.5 Å². The fraction of sp³-hybridized carbons (Fsp3) is 0.190. The molecular weight excluding hydrogens is 436 g/mol. The van der Waals surface area contributed by atoms with Crippen molar-refractivity contribution in [2.75, 3.05) is 17.5 Å². The number of nitrogens with zero attached hydrogens (tertiary/aromatic N) is 2. The summed E-state index contributed by atoms with van der Waals surface area (Å²) in [7, 11) is -4.31. The van der Waals surface area contributed by atoms with Gasteiger partial charge in [-0.1, -0.05) is 12.1 Å². The maximum Gasteiger partial charge on any atom is 0.416 e. The maximum atomic E-state index is 13.7. The van der Waals surface area contributed by atoms with Crippen LogP contribution < -0.4 is 9.04 Å². The van der Waals surface area contributed by atoms with Crippen molar-refractivity contribution in [3.05, 3.63) is 71.8 Å². The highest BCUT2D eigenvalue weighted by Crippen LogP contribution is 2.39. The molecule has 0 atom stereocenters. The standard InChI is InChI=1S/C21H16F4N2O3S/c1-13-18(11-16(22)12-26-13)14-5-6-20-19(9-14)27(7-8-30-20)31(28,29)17-4-2-3-15(10-17)21(23,24)25/h2-6,9-12H,7-8H2,1H3. The first-order chi connectivity index (χ1) is 14.6. The third kappa shape index (κ3) is 3.95. The number of pyridine rings is 1. The van der Waals surface area contributed by atoms with Gasteiger partial charge < -0.3 is 4.74 Å². The number of aryl methyl sites for hydroxylation is 1. The highest BCUT2D eigenvalue weighted by molar-refractivity contribution is 7.92. The van der Waals surface area contributed by atoms with Crippen molar-refractivity contribution in [3.8, 4) is 16.9 Å². The molecular formula is C21H16F4N2O3S. The molecule has 5 nitrogen and oxygen atoms in total. The molecule has 2 aromatic carbocycles. The predicted octanol–water partition coefficient (Wildman–Crippen LogP) is 4.80. The molecule has 4 rings (SSSR count). The van der Waals surface area contributed by atoms with Gasteiger partial charge in [-0.05, 0) is 48.9 Å². The van der Waals surface area contributed by atoms with Crippen LogP contribution in [-0.4, -0.2) is 26.6 Å².